The van der Waals surface area contributed by atoms with Gasteiger partial charge in [0.2, 0.25) is 15.9 Å². The van der Waals surface area contributed by atoms with Gasteiger partial charge in [-0.05, 0) is 62.1 Å². The van der Waals surface area contributed by atoms with Crippen LogP contribution in [-0.2, 0) is 14.8 Å². The summed E-state index contributed by atoms with van der Waals surface area (Å²) in [5, 5.41) is 3.27. The van der Waals surface area contributed by atoms with Crippen molar-refractivity contribution in [2.75, 3.05) is 30.3 Å². The van der Waals surface area contributed by atoms with Crippen molar-refractivity contribution in [3.05, 3.63) is 58.1 Å². The molecule has 0 radical (unpaired) electrons. The number of carbonyl (C=O) groups is 1. The van der Waals surface area contributed by atoms with E-state index in [0.717, 1.165) is 28.7 Å². The van der Waals surface area contributed by atoms with E-state index >= 15 is 0 Å². The number of hydrogen-bond donors (Lipinski definition) is 1. The van der Waals surface area contributed by atoms with Gasteiger partial charge in [0.25, 0.3) is 0 Å². The Morgan fingerprint density at radius 3 is 2.50 bits per heavy atom. The Morgan fingerprint density at radius 1 is 1.10 bits per heavy atom. The highest BCUT2D eigenvalue weighted by Crippen LogP contribution is 2.26. The number of rotatable bonds is 10. The molecule has 8 heteroatoms. The van der Waals surface area contributed by atoms with Crippen molar-refractivity contribution >= 4 is 33.2 Å². The van der Waals surface area contributed by atoms with Gasteiger partial charge in [0.1, 0.15) is 12.4 Å². The molecular weight excluding hydrogens is 424 g/mol. The van der Waals surface area contributed by atoms with Gasteiger partial charge < -0.3 is 10.1 Å². The maximum Gasteiger partial charge on any atom is 0.232 e. The molecular formula is C22H29ClN2O4S. The topological polar surface area (TPSA) is 75.7 Å². The summed E-state index contributed by atoms with van der Waals surface area (Å²) in [7, 11) is -3.49. The second-order valence-corrected chi connectivity index (χ2v) is 9.68. The summed E-state index contributed by atoms with van der Waals surface area (Å²) in [6, 6.07) is 11.1. The number of nitrogens with one attached hydrogen (secondary N) is 1. The Balaban J connectivity index is 1.81. The summed E-state index contributed by atoms with van der Waals surface area (Å²) in [5.74, 6) is 0.667. The summed E-state index contributed by atoms with van der Waals surface area (Å²) in [4.78, 5) is 12.1. The number of carbonyl (C=O) groups excluding carboxylic acids is 1. The summed E-state index contributed by atoms with van der Waals surface area (Å²) in [5.41, 5.74) is 3.50. The first kappa shape index (κ1) is 24.0. The first-order valence-electron chi connectivity index (χ1n) is 9.78. The molecule has 0 aliphatic carbocycles. The van der Waals surface area contributed by atoms with E-state index in [1.807, 2.05) is 39.0 Å². The van der Waals surface area contributed by atoms with Gasteiger partial charge in [0.15, 0.2) is 0 Å². The zero-order valence-electron chi connectivity index (χ0n) is 17.9. The highest BCUT2D eigenvalue weighted by molar-refractivity contribution is 7.92. The van der Waals surface area contributed by atoms with E-state index in [-0.39, 0.29) is 18.9 Å². The van der Waals surface area contributed by atoms with E-state index in [4.69, 9.17) is 16.3 Å². The third-order valence-corrected chi connectivity index (χ3v) is 6.05. The molecule has 0 aromatic heterocycles. The van der Waals surface area contributed by atoms with E-state index in [2.05, 4.69) is 5.32 Å². The van der Waals surface area contributed by atoms with Crippen LogP contribution in [0.2, 0.25) is 5.02 Å². The number of hydrogen-bond acceptors (Lipinski definition) is 4. The van der Waals surface area contributed by atoms with Crippen LogP contribution in [0.1, 0.15) is 29.5 Å². The summed E-state index contributed by atoms with van der Waals surface area (Å²) < 4.78 is 31.5. The minimum atomic E-state index is -3.49. The predicted molar refractivity (Wildman–Crippen MR) is 122 cm³/mol. The third kappa shape index (κ3) is 7.22. The molecule has 2 rings (SSSR count). The Hall–Kier alpha value is -2.25. The van der Waals surface area contributed by atoms with Crippen molar-refractivity contribution in [2.24, 2.45) is 0 Å². The van der Waals surface area contributed by atoms with E-state index in [9.17, 15) is 13.2 Å². The molecule has 0 saturated carbocycles. The van der Waals surface area contributed by atoms with Gasteiger partial charge in [0, 0.05) is 18.0 Å². The molecule has 0 aliphatic rings. The van der Waals surface area contributed by atoms with E-state index in [0.29, 0.717) is 30.3 Å². The van der Waals surface area contributed by atoms with E-state index < -0.39 is 10.0 Å². The lowest BCUT2D eigenvalue weighted by molar-refractivity contribution is -0.121. The number of ether oxygens (including phenoxy) is 1. The molecule has 164 valence electrons. The van der Waals surface area contributed by atoms with Crippen molar-refractivity contribution in [3.8, 4) is 5.75 Å². The van der Waals surface area contributed by atoms with Gasteiger partial charge in [-0.25, -0.2) is 8.42 Å². The Bertz CT molecular complexity index is 993. The average molecular weight is 453 g/mol. The van der Waals surface area contributed by atoms with Crippen LogP contribution in [0.5, 0.6) is 5.75 Å². The van der Waals surface area contributed by atoms with Crippen LogP contribution < -0.4 is 14.4 Å². The number of benzene rings is 2. The van der Waals surface area contributed by atoms with Crippen LogP contribution in [0.25, 0.3) is 0 Å². The fraction of sp³-hybridized carbons (Fsp3) is 0.409. The smallest absolute Gasteiger partial charge is 0.232 e. The number of nitrogens with zero attached hydrogens (tertiary/aromatic N) is 1. The number of sulfonamides is 1. The van der Waals surface area contributed by atoms with Crippen LogP contribution in [-0.4, -0.2) is 40.3 Å². The van der Waals surface area contributed by atoms with Crippen LogP contribution in [0.4, 0.5) is 5.69 Å². The second-order valence-electron chi connectivity index (χ2n) is 7.34. The molecule has 0 bridgehead atoms. The fourth-order valence-corrected chi connectivity index (χ4v) is 4.18. The molecule has 2 aromatic carbocycles. The molecule has 6 nitrogen and oxygen atoms in total. The van der Waals surface area contributed by atoms with Gasteiger partial charge in [-0.3, -0.25) is 9.10 Å². The lowest BCUT2D eigenvalue weighted by Gasteiger charge is -2.24. The largest absolute Gasteiger partial charge is 0.491 e. The number of amides is 1. The Labute approximate surface area is 184 Å². The molecule has 30 heavy (non-hydrogen) atoms. The molecule has 0 atom stereocenters. The highest BCUT2D eigenvalue weighted by Gasteiger charge is 2.19. The van der Waals surface area contributed by atoms with Gasteiger partial charge in [-0.2, -0.15) is 0 Å². The molecule has 0 aliphatic heterocycles. The van der Waals surface area contributed by atoms with Gasteiger partial charge in [-0.1, -0.05) is 29.8 Å². The maximum atomic E-state index is 12.2. The monoisotopic (exact) mass is 452 g/mol. The normalized spacial score (nSPS) is 11.2. The van der Waals surface area contributed by atoms with Crippen molar-refractivity contribution in [3.63, 3.8) is 0 Å². The van der Waals surface area contributed by atoms with Gasteiger partial charge >= 0.3 is 0 Å². The Kier molecular flexibility index (Phi) is 8.55. The summed E-state index contributed by atoms with van der Waals surface area (Å²) in [6.07, 6.45) is 1.76. The number of halogens is 1. The number of aryl methyl sites for hydroxylation is 3. The van der Waals surface area contributed by atoms with E-state index in [1.54, 1.807) is 18.2 Å². The lowest BCUT2D eigenvalue weighted by Crippen LogP contribution is -2.33. The van der Waals surface area contributed by atoms with Crippen LogP contribution in [0.3, 0.4) is 0 Å². The zero-order chi connectivity index (χ0) is 22.3. The van der Waals surface area contributed by atoms with Crippen molar-refractivity contribution in [1.29, 1.82) is 0 Å². The Morgan fingerprint density at radius 2 is 1.80 bits per heavy atom. The SMILES string of the molecule is Cc1ccc(C)c(OCCNC(=O)CCCN(c2cc(Cl)ccc2C)S(C)(=O)=O)c1. The van der Waals surface area contributed by atoms with Gasteiger partial charge in [0.05, 0.1) is 18.5 Å². The first-order chi connectivity index (χ1) is 14.1. The van der Waals surface area contributed by atoms with Crippen molar-refractivity contribution in [2.45, 2.75) is 33.6 Å². The highest BCUT2D eigenvalue weighted by atomic mass is 35.5. The molecule has 0 saturated heterocycles. The first-order valence-corrected chi connectivity index (χ1v) is 12.0. The molecule has 1 N–H and O–H groups in total. The maximum absolute atomic E-state index is 12.2. The van der Waals surface area contributed by atoms with Crippen LogP contribution in [0.15, 0.2) is 36.4 Å². The molecule has 0 heterocycles. The summed E-state index contributed by atoms with van der Waals surface area (Å²) in [6.45, 7) is 6.75. The van der Waals surface area contributed by atoms with Crippen LogP contribution in [0, 0.1) is 20.8 Å². The van der Waals surface area contributed by atoms with Gasteiger partial charge in [-0.15, -0.1) is 0 Å². The standard InChI is InChI=1S/C22H29ClN2O4S/c1-16-7-8-18(3)21(14-16)29-13-11-24-22(26)6-5-12-25(30(4,27)28)20-15-19(23)10-9-17(20)2/h7-10,14-15H,5-6,11-13H2,1-4H3,(H,24,26). The molecule has 2 aromatic rings. The molecule has 1 amide bonds. The van der Waals surface area contributed by atoms with Crippen molar-refractivity contribution in [1.82, 2.24) is 5.32 Å². The lowest BCUT2D eigenvalue weighted by atomic mass is 10.1. The zero-order valence-corrected chi connectivity index (χ0v) is 19.4. The van der Waals surface area contributed by atoms with Crippen molar-refractivity contribution < 1.29 is 17.9 Å². The third-order valence-electron chi connectivity index (χ3n) is 4.63. The predicted octanol–water partition coefficient (Wildman–Crippen LogP) is 4.01. The molecule has 0 spiro atoms. The molecule has 0 fully saturated rings. The quantitative estimate of drug-likeness (QED) is 0.552. The number of anilines is 1. The second kappa shape index (κ2) is 10.7. The van der Waals surface area contributed by atoms with Crippen LogP contribution >= 0.6 is 11.6 Å². The average Bonchev–Trinajstić information content (AvgIpc) is 2.66. The minimum Gasteiger partial charge on any atom is -0.491 e. The summed E-state index contributed by atoms with van der Waals surface area (Å²) >= 11 is 6.03. The minimum absolute atomic E-state index is 0.143. The molecule has 0 unspecified atom stereocenters. The van der Waals surface area contributed by atoms with E-state index in [1.165, 1.54) is 4.31 Å². The fourth-order valence-electron chi connectivity index (χ4n) is 3.00.